The maximum Gasteiger partial charge on any atom is 0.573 e. The van der Waals surface area contributed by atoms with E-state index >= 15 is 0 Å². The standard InChI is InChI=1S/C17H14F3NO5/c1-16(8-10-4-6-13(25-10)14(22)24-2)11-7-9(26-17(18,19)20)3-5-12(11)21-15(16)23/h3-7H,8H2,1-2H3,(H,21,23). The summed E-state index contributed by atoms with van der Waals surface area (Å²) in [6.07, 6.45) is -4.80. The molecule has 1 aromatic heterocycles. The fourth-order valence-electron chi connectivity index (χ4n) is 2.88. The second-order valence-electron chi connectivity index (χ2n) is 5.98. The Bertz CT molecular complexity index is 874. The molecule has 1 aromatic carbocycles. The van der Waals surface area contributed by atoms with E-state index in [0.717, 1.165) is 6.07 Å². The molecule has 0 bridgehead atoms. The summed E-state index contributed by atoms with van der Waals surface area (Å²) in [5.74, 6) is -1.20. The first-order chi connectivity index (χ1) is 12.1. The number of esters is 1. The molecule has 1 amide bonds. The lowest BCUT2D eigenvalue weighted by Crippen LogP contribution is -2.33. The third-order valence-electron chi connectivity index (χ3n) is 4.14. The lowest BCUT2D eigenvalue weighted by molar-refractivity contribution is -0.274. The van der Waals surface area contributed by atoms with Crippen LogP contribution in [0.4, 0.5) is 18.9 Å². The van der Waals surface area contributed by atoms with Crippen molar-refractivity contribution in [1.82, 2.24) is 0 Å². The van der Waals surface area contributed by atoms with Crippen LogP contribution in [0.3, 0.4) is 0 Å². The van der Waals surface area contributed by atoms with E-state index in [1.54, 1.807) is 6.92 Å². The first-order valence-electron chi connectivity index (χ1n) is 7.51. The van der Waals surface area contributed by atoms with E-state index in [-0.39, 0.29) is 12.2 Å². The van der Waals surface area contributed by atoms with Gasteiger partial charge < -0.3 is 19.2 Å². The number of ether oxygens (including phenoxy) is 2. The molecule has 2 aromatic rings. The first-order valence-corrected chi connectivity index (χ1v) is 7.51. The molecule has 1 aliphatic heterocycles. The van der Waals surface area contributed by atoms with Gasteiger partial charge in [0.2, 0.25) is 11.7 Å². The van der Waals surface area contributed by atoms with Crippen LogP contribution in [0.15, 0.2) is 34.7 Å². The molecule has 1 N–H and O–H groups in total. The SMILES string of the molecule is COC(=O)c1ccc(CC2(C)C(=O)Nc3ccc(OC(F)(F)F)cc32)o1. The van der Waals surface area contributed by atoms with Gasteiger partial charge in [-0.2, -0.15) is 0 Å². The number of hydrogen-bond acceptors (Lipinski definition) is 5. The molecule has 0 spiro atoms. The molecule has 6 nitrogen and oxygen atoms in total. The van der Waals surface area contributed by atoms with Gasteiger partial charge in [0.15, 0.2) is 0 Å². The highest BCUT2D eigenvalue weighted by Crippen LogP contribution is 2.42. The number of nitrogens with one attached hydrogen (secondary N) is 1. The molecule has 1 unspecified atom stereocenters. The molecule has 0 fully saturated rings. The van der Waals surface area contributed by atoms with Crippen molar-refractivity contribution in [1.29, 1.82) is 0 Å². The summed E-state index contributed by atoms with van der Waals surface area (Å²) in [5, 5.41) is 2.63. The number of carbonyl (C=O) groups excluding carboxylic acids is 2. The summed E-state index contributed by atoms with van der Waals surface area (Å²) in [7, 11) is 1.20. The van der Waals surface area contributed by atoms with Crippen LogP contribution in [-0.2, 0) is 21.4 Å². The van der Waals surface area contributed by atoms with E-state index in [1.807, 2.05) is 0 Å². The zero-order valence-electron chi connectivity index (χ0n) is 13.8. The number of halogens is 3. The van der Waals surface area contributed by atoms with Crippen molar-refractivity contribution in [2.75, 3.05) is 12.4 Å². The van der Waals surface area contributed by atoms with Gasteiger partial charge in [0.1, 0.15) is 11.5 Å². The minimum atomic E-state index is -4.84. The topological polar surface area (TPSA) is 77.8 Å². The third kappa shape index (κ3) is 3.24. The molecule has 1 atom stereocenters. The minimum absolute atomic E-state index is 0.0288. The molecule has 2 heterocycles. The van der Waals surface area contributed by atoms with E-state index in [0.29, 0.717) is 17.0 Å². The summed E-state index contributed by atoms with van der Waals surface area (Å²) in [4.78, 5) is 23.9. The van der Waals surface area contributed by atoms with E-state index in [4.69, 9.17) is 4.42 Å². The van der Waals surface area contributed by atoms with Crippen LogP contribution in [0.5, 0.6) is 5.75 Å². The Morgan fingerprint density at radius 2 is 2.00 bits per heavy atom. The van der Waals surface area contributed by atoms with Crippen LogP contribution in [0.2, 0.25) is 0 Å². The maximum atomic E-state index is 12.5. The normalized spacial score (nSPS) is 19.0. The number of carbonyl (C=O) groups is 2. The fraction of sp³-hybridized carbons (Fsp3) is 0.294. The molecule has 3 rings (SSSR count). The van der Waals surface area contributed by atoms with Crippen molar-refractivity contribution >= 4 is 17.6 Å². The lowest BCUT2D eigenvalue weighted by Gasteiger charge is -2.21. The predicted molar refractivity (Wildman–Crippen MR) is 82.9 cm³/mol. The number of methoxy groups -OCH3 is 1. The molecule has 9 heteroatoms. The van der Waals surface area contributed by atoms with Gasteiger partial charge in [0.25, 0.3) is 0 Å². The Labute approximate surface area is 145 Å². The van der Waals surface area contributed by atoms with E-state index < -0.39 is 29.4 Å². The van der Waals surface area contributed by atoms with E-state index in [9.17, 15) is 22.8 Å². The Morgan fingerprint density at radius 3 is 2.65 bits per heavy atom. The van der Waals surface area contributed by atoms with Crippen molar-refractivity contribution in [3.63, 3.8) is 0 Å². The largest absolute Gasteiger partial charge is 0.573 e. The maximum absolute atomic E-state index is 12.5. The average molecular weight is 369 g/mol. The smallest absolute Gasteiger partial charge is 0.463 e. The molecular weight excluding hydrogens is 355 g/mol. The Hall–Kier alpha value is -2.97. The Kier molecular flexibility index (Phi) is 4.17. The van der Waals surface area contributed by atoms with Gasteiger partial charge in [-0.3, -0.25) is 4.79 Å². The average Bonchev–Trinajstić information content (AvgIpc) is 3.10. The molecule has 0 radical (unpaired) electrons. The van der Waals surface area contributed by atoms with Crippen LogP contribution < -0.4 is 10.1 Å². The number of benzene rings is 1. The van der Waals surface area contributed by atoms with Crippen molar-refractivity contribution in [3.8, 4) is 5.75 Å². The molecule has 0 aliphatic carbocycles. The highest BCUT2D eigenvalue weighted by molar-refractivity contribution is 6.06. The number of rotatable bonds is 4. The molecule has 0 saturated carbocycles. The molecule has 1 aliphatic rings. The third-order valence-corrected chi connectivity index (χ3v) is 4.14. The molecule has 138 valence electrons. The number of anilines is 1. The summed E-state index contributed by atoms with van der Waals surface area (Å²) < 4.78 is 51.2. The van der Waals surface area contributed by atoms with Crippen molar-refractivity contribution in [3.05, 3.63) is 47.4 Å². The lowest BCUT2D eigenvalue weighted by atomic mass is 9.80. The monoisotopic (exact) mass is 369 g/mol. The number of hydrogen-bond donors (Lipinski definition) is 1. The zero-order valence-corrected chi connectivity index (χ0v) is 13.8. The number of amides is 1. The van der Waals surface area contributed by atoms with Crippen LogP contribution in [-0.4, -0.2) is 25.3 Å². The van der Waals surface area contributed by atoms with Gasteiger partial charge in [0, 0.05) is 12.1 Å². The Morgan fingerprint density at radius 1 is 1.27 bits per heavy atom. The summed E-state index contributed by atoms with van der Waals surface area (Å²) in [6.45, 7) is 1.58. The van der Waals surface area contributed by atoms with Crippen LogP contribution in [0, 0.1) is 0 Å². The first kappa shape index (κ1) is 17.8. The van der Waals surface area contributed by atoms with Crippen molar-refractivity contribution in [2.24, 2.45) is 0 Å². The van der Waals surface area contributed by atoms with Crippen molar-refractivity contribution < 1.29 is 36.7 Å². The summed E-state index contributed by atoms with van der Waals surface area (Å²) in [5.41, 5.74) is -0.446. The van der Waals surface area contributed by atoms with Gasteiger partial charge in [-0.15, -0.1) is 13.2 Å². The van der Waals surface area contributed by atoms with Gasteiger partial charge in [-0.25, -0.2) is 4.79 Å². The number of furan rings is 1. The molecule has 26 heavy (non-hydrogen) atoms. The van der Waals surface area contributed by atoms with Gasteiger partial charge in [-0.1, -0.05) is 0 Å². The van der Waals surface area contributed by atoms with E-state index in [1.165, 1.54) is 31.4 Å². The van der Waals surface area contributed by atoms with Crippen molar-refractivity contribution in [2.45, 2.75) is 25.1 Å². The van der Waals surface area contributed by atoms with Crippen LogP contribution >= 0.6 is 0 Å². The second-order valence-corrected chi connectivity index (χ2v) is 5.98. The van der Waals surface area contributed by atoms with Gasteiger partial charge in [0.05, 0.1) is 12.5 Å². The fourth-order valence-corrected chi connectivity index (χ4v) is 2.88. The minimum Gasteiger partial charge on any atom is -0.463 e. The summed E-state index contributed by atoms with van der Waals surface area (Å²) in [6, 6.07) is 6.56. The number of alkyl halides is 3. The summed E-state index contributed by atoms with van der Waals surface area (Å²) >= 11 is 0. The van der Waals surface area contributed by atoms with Gasteiger partial charge in [-0.05, 0) is 42.8 Å². The zero-order chi connectivity index (χ0) is 19.1. The van der Waals surface area contributed by atoms with Gasteiger partial charge >= 0.3 is 12.3 Å². The second kappa shape index (κ2) is 6.08. The Balaban J connectivity index is 1.92. The quantitative estimate of drug-likeness (QED) is 0.836. The highest BCUT2D eigenvalue weighted by atomic mass is 19.4. The molecular formula is C17H14F3NO5. The predicted octanol–water partition coefficient (Wildman–Crippen LogP) is 3.42. The molecule has 0 saturated heterocycles. The van der Waals surface area contributed by atoms with E-state index in [2.05, 4.69) is 14.8 Å². The number of fused-ring (bicyclic) bond motifs is 1. The highest BCUT2D eigenvalue weighted by Gasteiger charge is 2.44. The van der Waals surface area contributed by atoms with Crippen LogP contribution in [0.25, 0.3) is 0 Å². The van der Waals surface area contributed by atoms with Crippen LogP contribution in [0.1, 0.15) is 28.8 Å².